The molecular weight excluding hydrogens is 324 g/mol. The number of halogens is 1. The first-order valence-corrected chi connectivity index (χ1v) is 7.97. The molecule has 3 aromatic rings. The van der Waals surface area contributed by atoms with Crippen LogP contribution in [0.2, 0.25) is 5.02 Å². The number of amides is 2. The van der Waals surface area contributed by atoms with E-state index in [-0.39, 0.29) is 12.6 Å². The molecule has 3 rings (SSSR count). The molecule has 0 fully saturated rings. The van der Waals surface area contributed by atoms with Gasteiger partial charge in [0.05, 0.1) is 11.8 Å². The summed E-state index contributed by atoms with van der Waals surface area (Å²) in [5, 5.41) is 18.2. The molecule has 0 spiro atoms. The normalized spacial score (nSPS) is 11.9. The first-order valence-electron chi connectivity index (χ1n) is 7.59. The number of anilines is 1. The van der Waals surface area contributed by atoms with Gasteiger partial charge in [-0.05, 0) is 29.1 Å². The van der Waals surface area contributed by atoms with Crippen LogP contribution in [0.4, 0.5) is 10.5 Å². The third-order valence-corrected chi connectivity index (χ3v) is 4.00. The number of rotatable bonds is 4. The van der Waals surface area contributed by atoms with E-state index in [2.05, 4.69) is 10.6 Å². The average Bonchev–Trinajstić information content (AvgIpc) is 2.61. The Morgan fingerprint density at radius 1 is 1.00 bits per heavy atom. The summed E-state index contributed by atoms with van der Waals surface area (Å²) in [6.07, 6.45) is -0.791. The summed E-state index contributed by atoms with van der Waals surface area (Å²) in [6, 6.07) is 20.1. The van der Waals surface area contributed by atoms with Crippen LogP contribution in [0.3, 0.4) is 0 Å². The molecule has 4 nitrogen and oxygen atoms in total. The van der Waals surface area contributed by atoms with Crippen molar-refractivity contribution in [3.8, 4) is 0 Å². The van der Waals surface area contributed by atoms with Gasteiger partial charge in [-0.3, -0.25) is 0 Å². The highest BCUT2D eigenvalue weighted by atomic mass is 35.5. The van der Waals surface area contributed by atoms with Gasteiger partial charge in [-0.25, -0.2) is 4.79 Å². The first kappa shape index (κ1) is 16.3. The highest BCUT2D eigenvalue weighted by molar-refractivity contribution is 6.30. The number of hydrogen-bond acceptors (Lipinski definition) is 2. The van der Waals surface area contributed by atoms with Crippen LogP contribution >= 0.6 is 11.6 Å². The van der Waals surface area contributed by atoms with Crippen LogP contribution in [-0.2, 0) is 0 Å². The predicted octanol–water partition coefficient (Wildman–Crippen LogP) is 4.35. The maximum absolute atomic E-state index is 12.1. The third kappa shape index (κ3) is 3.85. The number of fused-ring (bicyclic) bond motifs is 1. The van der Waals surface area contributed by atoms with E-state index in [0.29, 0.717) is 10.6 Å². The quantitative estimate of drug-likeness (QED) is 0.661. The molecule has 0 saturated carbocycles. The Bertz CT molecular complexity index is 844. The fraction of sp³-hybridized carbons (Fsp3) is 0.105. The van der Waals surface area contributed by atoms with Crippen molar-refractivity contribution in [1.82, 2.24) is 5.32 Å². The maximum atomic E-state index is 12.1. The van der Waals surface area contributed by atoms with Gasteiger partial charge in [-0.1, -0.05) is 60.1 Å². The van der Waals surface area contributed by atoms with Crippen LogP contribution in [0.5, 0.6) is 0 Å². The minimum atomic E-state index is -0.791. The molecule has 2 amide bonds. The van der Waals surface area contributed by atoms with Gasteiger partial charge in [0.2, 0.25) is 0 Å². The summed E-state index contributed by atoms with van der Waals surface area (Å²) in [5.74, 6) is 0. The Morgan fingerprint density at radius 3 is 2.50 bits per heavy atom. The van der Waals surface area contributed by atoms with E-state index in [1.807, 2.05) is 42.5 Å². The van der Waals surface area contributed by atoms with Crippen molar-refractivity contribution < 1.29 is 9.90 Å². The molecule has 0 aliphatic rings. The molecule has 0 heterocycles. The molecule has 0 saturated heterocycles. The van der Waals surface area contributed by atoms with Gasteiger partial charge in [-0.2, -0.15) is 0 Å². The molecular formula is C19H17ClN2O2. The highest BCUT2D eigenvalue weighted by Gasteiger charge is 2.10. The molecule has 122 valence electrons. The molecule has 3 aromatic carbocycles. The summed E-state index contributed by atoms with van der Waals surface area (Å²) in [5.41, 5.74) is 1.43. The minimum Gasteiger partial charge on any atom is -0.387 e. The molecule has 24 heavy (non-hydrogen) atoms. The van der Waals surface area contributed by atoms with E-state index in [0.717, 1.165) is 16.5 Å². The van der Waals surface area contributed by atoms with E-state index in [1.165, 1.54) is 0 Å². The Balaban J connectivity index is 1.62. The van der Waals surface area contributed by atoms with E-state index in [4.69, 9.17) is 11.6 Å². The fourth-order valence-electron chi connectivity index (χ4n) is 2.49. The lowest BCUT2D eigenvalue weighted by Crippen LogP contribution is -2.32. The van der Waals surface area contributed by atoms with Crippen molar-refractivity contribution >= 4 is 34.1 Å². The molecule has 0 aliphatic carbocycles. The van der Waals surface area contributed by atoms with Crippen LogP contribution in [-0.4, -0.2) is 17.7 Å². The Labute approximate surface area is 145 Å². The molecule has 0 bridgehead atoms. The number of nitrogens with one attached hydrogen (secondary N) is 2. The van der Waals surface area contributed by atoms with Crippen LogP contribution in [0.1, 0.15) is 11.7 Å². The molecule has 0 aliphatic heterocycles. The molecule has 1 atom stereocenters. The Kier molecular flexibility index (Phi) is 4.99. The number of aliphatic hydroxyl groups excluding tert-OH is 1. The number of aliphatic hydroxyl groups is 1. The minimum absolute atomic E-state index is 0.109. The van der Waals surface area contributed by atoms with Gasteiger partial charge in [0, 0.05) is 17.0 Å². The van der Waals surface area contributed by atoms with Gasteiger partial charge in [0.1, 0.15) is 0 Å². The van der Waals surface area contributed by atoms with Gasteiger partial charge in [0.15, 0.2) is 0 Å². The zero-order valence-electron chi connectivity index (χ0n) is 12.9. The lowest BCUT2D eigenvalue weighted by Gasteiger charge is -2.14. The van der Waals surface area contributed by atoms with Crippen molar-refractivity contribution in [3.05, 3.63) is 77.3 Å². The van der Waals surface area contributed by atoms with Crippen molar-refractivity contribution in [2.75, 3.05) is 11.9 Å². The van der Waals surface area contributed by atoms with Gasteiger partial charge >= 0.3 is 6.03 Å². The van der Waals surface area contributed by atoms with Gasteiger partial charge in [0.25, 0.3) is 0 Å². The SMILES string of the molecule is O=C(NC[C@H](O)c1ccc(Cl)cc1)Nc1cccc2ccccc12. The van der Waals surface area contributed by atoms with Crippen LogP contribution in [0, 0.1) is 0 Å². The van der Waals surface area contributed by atoms with Crippen LogP contribution in [0.25, 0.3) is 10.8 Å². The lowest BCUT2D eigenvalue weighted by atomic mass is 10.1. The summed E-state index contributed by atoms with van der Waals surface area (Å²) in [6.45, 7) is 0.109. The summed E-state index contributed by atoms with van der Waals surface area (Å²) in [7, 11) is 0. The number of carbonyl (C=O) groups excluding carboxylic acids is 1. The second-order valence-corrected chi connectivity index (χ2v) is 5.87. The molecule has 0 unspecified atom stereocenters. The Morgan fingerprint density at radius 2 is 1.71 bits per heavy atom. The second kappa shape index (κ2) is 7.34. The van der Waals surface area contributed by atoms with Crippen molar-refractivity contribution in [3.63, 3.8) is 0 Å². The largest absolute Gasteiger partial charge is 0.387 e. The second-order valence-electron chi connectivity index (χ2n) is 5.43. The molecule has 0 radical (unpaired) electrons. The number of benzene rings is 3. The highest BCUT2D eigenvalue weighted by Crippen LogP contribution is 2.22. The van der Waals surface area contributed by atoms with Crippen molar-refractivity contribution in [2.45, 2.75) is 6.10 Å². The molecule has 5 heteroatoms. The topological polar surface area (TPSA) is 61.4 Å². The summed E-state index contributed by atoms with van der Waals surface area (Å²) in [4.78, 5) is 12.1. The number of urea groups is 1. The van der Waals surface area contributed by atoms with Crippen molar-refractivity contribution in [2.24, 2.45) is 0 Å². The Hall–Kier alpha value is -2.56. The monoisotopic (exact) mass is 340 g/mol. The number of carbonyl (C=O) groups is 1. The maximum Gasteiger partial charge on any atom is 0.319 e. The summed E-state index contributed by atoms with van der Waals surface area (Å²) < 4.78 is 0. The first-order chi connectivity index (χ1) is 11.6. The molecule has 3 N–H and O–H groups in total. The van der Waals surface area contributed by atoms with Crippen LogP contribution < -0.4 is 10.6 Å². The van der Waals surface area contributed by atoms with E-state index < -0.39 is 6.10 Å². The standard InChI is InChI=1S/C19H17ClN2O2/c20-15-10-8-14(9-11-15)18(23)12-21-19(24)22-17-7-3-5-13-4-1-2-6-16(13)17/h1-11,18,23H,12H2,(H2,21,22,24)/t18-/m0/s1. The number of hydrogen-bond donors (Lipinski definition) is 3. The van der Waals surface area contributed by atoms with Crippen molar-refractivity contribution in [1.29, 1.82) is 0 Å². The van der Waals surface area contributed by atoms with Gasteiger partial charge < -0.3 is 15.7 Å². The fourth-order valence-corrected chi connectivity index (χ4v) is 2.62. The third-order valence-electron chi connectivity index (χ3n) is 3.75. The van der Waals surface area contributed by atoms with Crippen LogP contribution in [0.15, 0.2) is 66.7 Å². The molecule has 0 aromatic heterocycles. The summed E-state index contributed by atoms with van der Waals surface area (Å²) >= 11 is 5.82. The van der Waals surface area contributed by atoms with E-state index in [9.17, 15) is 9.90 Å². The van der Waals surface area contributed by atoms with E-state index in [1.54, 1.807) is 24.3 Å². The zero-order chi connectivity index (χ0) is 16.9. The van der Waals surface area contributed by atoms with E-state index >= 15 is 0 Å². The lowest BCUT2D eigenvalue weighted by molar-refractivity contribution is 0.175. The van der Waals surface area contributed by atoms with Gasteiger partial charge in [-0.15, -0.1) is 0 Å². The zero-order valence-corrected chi connectivity index (χ0v) is 13.6. The predicted molar refractivity (Wildman–Crippen MR) is 97.4 cm³/mol. The average molecular weight is 341 g/mol. The smallest absolute Gasteiger partial charge is 0.319 e.